The minimum Gasteiger partial charge on any atom is -0.481 e. The van der Waals surface area contributed by atoms with Crippen LogP contribution in [0.25, 0.3) is 10.8 Å². The van der Waals surface area contributed by atoms with Gasteiger partial charge in [-0.05, 0) is 18.4 Å². The zero-order valence-electron chi connectivity index (χ0n) is 11.2. The molecule has 0 saturated heterocycles. The highest BCUT2D eigenvalue weighted by molar-refractivity contribution is 7.13. The molecule has 0 spiro atoms. The third-order valence-corrected chi connectivity index (χ3v) is 3.71. The van der Waals surface area contributed by atoms with Gasteiger partial charge in [-0.25, -0.2) is 9.67 Å². The van der Waals surface area contributed by atoms with E-state index in [1.54, 1.807) is 22.2 Å². The molecule has 0 aromatic carbocycles. The van der Waals surface area contributed by atoms with Crippen LogP contribution in [0.2, 0.25) is 0 Å². The summed E-state index contributed by atoms with van der Waals surface area (Å²) in [5, 5.41) is 18.4. The van der Waals surface area contributed by atoms with Gasteiger partial charge < -0.3 is 9.52 Å². The Labute approximate surface area is 123 Å². The van der Waals surface area contributed by atoms with Crippen LogP contribution in [0, 0.1) is 6.92 Å². The van der Waals surface area contributed by atoms with E-state index in [4.69, 9.17) is 9.52 Å². The summed E-state index contributed by atoms with van der Waals surface area (Å²) in [7, 11) is 0. The van der Waals surface area contributed by atoms with Crippen molar-refractivity contribution in [2.24, 2.45) is 0 Å². The molecule has 0 aliphatic carbocycles. The van der Waals surface area contributed by atoms with Gasteiger partial charge in [0.15, 0.2) is 0 Å². The van der Waals surface area contributed by atoms with Gasteiger partial charge in [0.1, 0.15) is 11.5 Å². The Kier molecular flexibility index (Phi) is 3.53. The summed E-state index contributed by atoms with van der Waals surface area (Å²) < 4.78 is 7.20. The van der Waals surface area contributed by atoms with E-state index in [9.17, 15) is 4.79 Å². The number of thiophene rings is 1. The highest BCUT2D eigenvalue weighted by atomic mass is 32.1. The van der Waals surface area contributed by atoms with Crippen molar-refractivity contribution in [2.45, 2.75) is 19.9 Å². The Hall–Kier alpha value is -2.48. The average molecular weight is 304 g/mol. The van der Waals surface area contributed by atoms with Crippen molar-refractivity contribution in [3.63, 3.8) is 0 Å². The third kappa shape index (κ3) is 3.00. The highest BCUT2D eigenvalue weighted by Crippen LogP contribution is 2.26. The maximum atomic E-state index is 10.6. The van der Waals surface area contributed by atoms with Crippen molar-refractivity contribution in [1.29, 1.82) is 0 Å². The zero-order valence-corrected chi connectivity index (χ0v) is 12.0. The Morgan fingerprint density at radius 2 is 2.38 bits per heavy atom. The highest BCUT2D eigenvalue weighted by Gasteiger charge is 2.14. The Balaban J connectivity index is 1.79. The van der Waals surface area contributed by atoms with E-state index < -0.39 is 5.97 Å². The number of rotatable bonds is 5. The second-order valence-electron chi connectivity index (χ2n) is 4.48. The number of carbonyl (C=O) groups is 1. The summed E-state index contributed by atoms with van der Waals surface area (Å²) in [6.45, 7) is 2.24. The summed E-state index contributed by atoms with van der Waals surface area (Å²) in [5.41, 5.74) is 1.17. The second-order valence-corrected chi connectivity index (χ2v) is 5.42. The van der Waals surface area contributed by atoms with Gasteiger partial charge in [-0.2, -0.15) is 0 Å². The number of oxazole rings is 1. The van der Waals surface area contributed by atoms with Crippen LogP contribution in [0.15, 0.2) is 28.1 Å². The van der Waals surface area contributed by atoms with Crippen molar-refractivity contribution in [3.8, 4) is 10.8 Å². The summed E-state index contributed by atoms with van der Waals surface area (Å²) in [6, 6.07) is 3.88. The van der Waals surface area contributed by atoms with E-state index in [1.807, 2.05) is 24.4 Å². The minimum absolute atomic E-state index is 0.141. The quantitative estimate of drug-likeness (QED) is 0.774. The number of hydrogen-bond acceptors (Lipinski definition) is 6. The maximum absolute atomic E-state index is 10.6. The number of nitrogens with zero attached hydrogens (tertiary/aromatic N) is 4. The Morgan fingerprint density at radius 3 is 3.10 bits per heavy atom. The molecule has 0 amide bonds. The van der Waals surface area contributed by atoms with Crippen molar-refractivity contribution in [1.82, 2.24) is 20.0 Å². The van der Waals surface area contributed by atoms with E-state index in [2.05, 4.69) is 15.3 Å². The molecule has 8 heteroatoms. The maximum Gasteiger partial charge on any atom is 0.309 e. The molecule has 3 heterocycles. The van der Waals surface area contributed by atoms with E-state index in [0.717, 1.165) is 10.6 Å². The first-order chi connectivity index (χ1) is 10.1. The molecule has 0 radical (unpaired) electrons. The molecule has 0 unspecified atom stereocenters. The number of aliphatic carboxylic acids is 1. The van der Waals surface area contributed by atoms with Gasteiger partial charge >= 0.3 is 5.97 Å². The smallest absolute Gasteiger partial charge is 0.309 e. The van der Waals surface area contributed by atoms with Crippen molar-refractivity contribution in [3.05, 3.63) is 40.9 Å². The Morgan fingerprint density at radius 1 is 1.52 bits per heavy atom. The van der Waals surface area contributed by atoms with E-state index in [-0.39, 0.29) is 6.42 Å². The minimum atomic E-state index is -0.931. The average Bonchev–Trinajstić information content (AvgIpc) is 3.11. The molecule has 21 heavy (non-hydrogen) atoms. The number of carboxylic acids is 1. The molecular formula is C13H12N4O3S. The normalized spacial score (nSPS) is 10.9. The molecule has 3 aromatic rings. The van der Waals surface area contributed by atoms with Gasteiger partial charge in [0.25, 0.3) is 0 Å². The van der Waals surface area contributed by atoms with Gasteiger partial charge in [0.2, 0.25) is 5.89 Å². The molecule has 0 aliphatic heterocycles. The van der Waals surface area contributed by atoms with Crippen LogP contribution in [0.4, 0.5) is 0 Å². The van der Waals surface area contributed by atoms with E-state index in [0.29, 0.717) is 23.9 Å². The standard InChI is InChI=1S/C13H12N4O3S/c1-8-10(14-13(20-8)11-3-2-4-21-11)7-17-6-9(15-16-17)5-12(18)19/h2-4,6H,5,7H2,1H3,(H,18,19). The molecular weight excluding hydrogens is 292 g/mol. The summed E-state index contributed by atoms with van der Waals surface area (Å²) in [6.07, 6.45) is 1.46. The van der Waals surface area contributed by atoms with Crippen molar-refractivity contribution >= 4 is 17.3 Å². The zero-order chi connectivity index (χ0) is 14.8. The topological polar surface area (TPSA) is 94.0 Å². The Bertz CT molecular complexity index is 760. The van der Waals surface area contributed by atoms with Crippen LogP contribution in [-0.4, -0.2) is 31.1 Å². The van der Waals surface area contributed by atoms with Gasteiger partial charge in [0, 0.05) is 6.20 Å². The number of aryl methyl sites for hydroxylation is 1. The molecule has 3 aromatic heterocycles. The molecule has 0 fully saturated rings. The first-order valence-corrected chi connectivity index (χ1v) is 7.11. The predicted molar refractivity (Wildman–Crippen MR) is 75.0 cm³/mol. The molecule has 7 nitrogen and oxygen atoms in total. The fraction of sp³-hybridized carbons (Fsp3) is 0.231. The summed E-state index contributed by atoms with van der Waals surface area (Å²) >= 11 is 1.56. The predicted octanol–water partition coefficient (Wildman–Crippen LogP) is 1.98. The first-order valence-electron chi connectivity index (χ1n) is 6.23. The number of carboxylic acid groups (broad SMARTS) is 1. The van der Waals surface area contributed by atoms with Crippen LogP contribution in [0.1, 0.15) is 17.1 Å². The molecule has 3 rings (SSSR count). The van der Waals surface area contributed by atoms with E-state index >= 15 is 0 Å². The lowest BCUT2D eigenvalue weighted by Gasteiger charge is -1.95. The van der Waals surface area contributed by atoms with Gasteiger partial charge in [-0.15, -0.1) is 16.4 Å². The SMILES string of the molecule is Cc1oc(-c2cccs2)nc1Cn1cc(CC(=O)O)nn1. The lowest BCUT2D eigenvalue weighted by molar-refractivity contribution is -0.136. The third-order valence-electron chi connectivity index (χ3n) is 2.85. The summed E-state index contributed by atoms with van der Waals surface area (Å²) in [4.78, 5) is 16.0. The molecule has 0 atom stereocenters. The lowest BCUT2D eigenvalue weighted by Crippen LogP contribution is -2.02. The first kappa shape index (κ1) is 13.5. The largest absolute Gasteiger partial charge is 0.481 e. The molecule has 1 N–H and O–H groups in total. The fourth-order valence-corrected chi connectivity index (χ4v) is 2.53. The van der Waals surface area contributed by atoms with Gasteiger partial charge in [-0.1, -0.05) is 11.3 Å². The van der Waals surface area contributed by atoms with Gasteiger partial charge in [0.05, 0.1) is 23.5 Å². The van der Waals surface area contributed by atoms with Crippen molar-refractivity contribution in [2.75, 3.05) is 0 Å². The van der Waals surface area contributed by atoms with Crippen LogP contribution < -0.4 is 0 Å². The fourth-order valence-electron chi connectivity index (χ4n) is 1.89. The summed E-state index contributed by atoms with van der Waals surface area (Å²) in [5.74, 6) is 0.372. The van der Waals surface area contributed by atoms with Crippen molar-refractivity contribution < 1.29 is 14.3 Å². The lowest BCUT2D eigenvalue weighted by atomic mass is 10.3. The van der Waals surface area contributed by atoms with Crippen LogP contribution in [0.3, 0.4) is 0 Å². The van der Waals surface area contributed by atoms with Gasteiger partial charge in [-0.3, -0.25) is 4.79 Å². The number of hydrogen-bond donors (Lipinski definition) is 1. The van der Waals surface area contributed by atoms with Crippen LogP contribution in [-0.2, 0) is 17.8 Å². The van der Waals surface area contributed by atoms with Crippen LogP contribution >= 0.6 is 11.3 Å². The monoisotopic (exact) mass is 304 g/mol. The molecule has 108 valence electrons. The molecule has 0 aliphatic rings. The molecule has 0 bridgehead atoms. The number of aromatic nitrogens is 4. The van der Waals surface area contributed by atoms with E-state index in [1.165, 1.54) is 0 Å². The van der Waals surface area contributed by atoms with Crippen LogP contribution in [0.5, 0.6) is 0 Å². The second kappa shape index (κ2) is 5.49. The molecule has 0 saturated carbocycles.